The Bertz CT molecular complexity index is 1940. The van der Waals surface area contributed by atoms with Gasteiger partial charge in [-0.2, -0.15) is 0 Å². The molecule has 51 heavy (non-hydrogen) atoms. The van der Waals surface area contributed by atoms with Crippen LogP contribution >= 0.6 is 0 Å². The number of allylic oxidation sites excluding steroid dienone is 1. The molecular formula is C39H42N2O9Si. The number of esters is 1. The highest BCUT2D eigenvalue weighted by Gasteiger charge is 2.60. The van der Waals surface area contributed by atoms with Crippen LogP contribution in [-0.4, -0.2) is 59.7 Å². The molecule has 266 valence electrons. The van der Waals surface area contributed by atoms with E-state index < -0.39 is 25.1 Å². The van der Waals surface area contributed by atoms with Gasteiger partial charge in [0.25, 0.3) is 5.69 Å². The normalized spacial score (nSPS) is 19.9. The summed E-state index contributed by atoms with van der Waals surface area (Å²) in [6.07, 6.45) is 3.22. The van der Waals surface area contributed by atoms with Crippen LogP contribution in [0.15, 0.2) is 84.1 Å². The summed E-state index contributed by atoms with van der Waals surface area (Å²) in [5.41, 5.74) is 3.71. The molecular weight excluding hydrogens is 669 g/mol. The lowest BCUT2D eigenvalue weighted by Gasteiger charge is -2.49. The van der Waals surface area contributed by atoms with Gasteiger partial charge in [-0.1, -0.05) is 58.0 Å². The first-order valence-corrected chi connectivity index (χ1v) is 19.9. The van der Waals surface area contributed by atoms with Crippen molar-refractivity contribution in [1.82, 2.24) is 4.90 Å². The average molecular weight is 711 g/mol. The summed E-state index contributed by atoms with van der Waals surface area (Å²) in [7, 11) is -2.02. The van der Waals surface area contributed by atoms with Crippen molar-refractivity contribution >= 4 is 31.7 Å². The fourth-order valence-electron chi connectivity index (χ4n) is 7.72. The second kappa shape index (κ2) is 14.4. The van der Waals surface area contributed by atoms with Crippen LogP contribution < -0.4 is 9.47 Å². The number of rotatable bonds is 14. The number of ether oxygens (including phenoxy) is 2. The Morgan fingerprint density at radius 3 is 2.37 bits per heavy atom. The molecule has 3 aliphatic rings. The minimum absolute atomic E-state index is 0.106. The Balaban J connectivity index is 1.27. The summed E-state index contributed by atoms with van der Waals surface area (Å²) in [5, 5.41) is 20.7. The molecule has 2 aliphatic heterocycles. The fraction of sp³-hybridized carbons (Fsp3) is 0.359. The zero-order chi connectivity index (χ0) is 36.6. The first-order valence-electron chi connectivity index (χ1n) is 17.4. The van der Waals surface area contributed by atoms with Gasteiger partial charge in [-0.3, -0.25) is 19.7 Å². The van der Waals surface area contributed by atoms with Gasteiger partial charge in [0, 0.05) is 34.7 Å². The summed E-state index contributed by atoms with van der Waals surface area (Å²) in [4.78, 5) is 52.9. The molecule has 11 nitrogen and oxygen atoms in total. The molecule has 2 heterocycles. The predicted molar refractivity (Wildman–Crippen MR) is 193 cm³/mol. The monoisotopic (exact) mass is 710 g/mol. The van der Waals surface area contributed by atoms with Crippen molar-refractivity contribution in [3.8, 4) is 22.6 Å². The van der Waals surface area contributed by atoms with E-state index in [0.717, 1.165) is 23.7 Å². The molecule has 1 amide bonds. The molecule has 4 atom stereocenters. The van der Waals surface area contributed by atoms with E-state index >= 15 is 0 Å². The molecule has 3 aromatic rings. The number of benzene rings is 3. The summed E-state index contributed by atoms with van der Waals surface area (Å²) < 4.78 is 18.6. The lowest BCUT2D eigenvalue weighted by Crippen LogP contribution is -2.65. The van der Waals surface area contributed by atoms with E-state index in [2.05, 4.69) is 20.8 Å². The highest BCUT2D eigenvalue weighted by molar-refractivity contribution is 6.73. The lowest BCUT2D eigenvalue weighted by molar-refractivity contribution is -0.384. The Kier molecular flexibility index (Phi) is 10.1. The summed E-state index contributed by atoms with van der Waals surface area (Å²) in [6.45, 7) is 10.3. The Morgan fingerprint density at radius 2 is 1.73 bits per heavy atom. The predicted octanol–water partition coefficient (Wildman–Crippen LogP) is 6.98. The van der Waals surface area contributed by atoms with E-state index in [0.29, 0.717) is 33.6 Å². The number of fused-ring (bicyclic) bond motifs is 4. The molecule has 1 aliphatic carbocycles. The molecule has 0 aromatic heterocycles. The smallest absolute Gasteiger partial charge is 0.360 e. The second-order valence-corrected chi connectivity index (χ2v) is 18.0. The molecule has 0 unspecified atom stereocenters. The van der Waals surface area contributed by atoms with Crippen LogP contribution in [0.4, 0.5) is 5.69 Å². The number of carbonyl (C=O) groups excluding carboxylic acids is 3. The van der Waals surface area contributed by atoms with Gasteiger partial charge in [0.1, 0.15) is 23.8 Å². The Hall–Kier alpha value is -4.91. The first kappa shape index (κ1) is 35.9. The van der Waals surface area contributed by atoms with Gasteiger partial charge in [0.05, 0.1) is 29.6 Å². The highest BCUT2D eigenvalue weighted by atomic mass is 28.4. The minimum atomic E-state index is -2.02. The van der Waals surface area contributed by atoms with Crippen molar-refractivity contribution in [2.75, 3.05) is 6.61 Å². The van der Waals surface area contributed by atoms with Crippen molar-refractivity contribution in [2.24, 2.45) is 11.8 Å². The zero-order valence-electron chi connectivity index (χ0n) is 29.4. The topological polar surface area (TPSA) is 146 Å². The van der Waals surface area contributed by atoms with Crippen molar-refractivity contribution in [3.63, 3.8) is 0 Å². The number of nitrogens with zero attached hydrogens (tertiary/aromatic N) is 2. The number of hydrogen-bond donors (Lipinski definition) is 1. The van der Waals surface area contributed by atoms with Crippen molar-refractivity contribution in [2.45, 2.75) is 71.5 Å². The van der Waals surface area contributed by atoms with Gasteiger partial charge in [-0.15, -0.1) is 0 Å². The standard InChI is InChI=1S/C39H42N2O9Si/c1-6-51(7-2,8-3)50-24(5)33-35-23(4)28(36(40(35)38(33)44)39(45)49-27-17-15-26(16-18-27)41(46)47)12-10-20-48-32-13-9-11-30-34(32)29-19-14-25(22-42)21-31(29)37(30)43/h9-19,21,23-24,33,35,42H,6-8,20,22H2,1-5H3/b12-10+/t23-,24+,33+,35+/m0/s1. The maximum Gasteiger partial charge on any atom is 0.360 e. The third kappa shape index (κ3) is 6.32. The SMILES string of the molecule is CC[Si](CC)(CC)O[C@H](C)[C@H]1C(=O)N2C(C(=O)Oc3ccc([N+](=O)[O-])cc3)=C(/C=C/COc3cccc4c3-c3ccc(CO)cc3C4=O)[C@H](C)[C@H]12. The number of carbonyl (C=O) groups is 3. The number of amides is 1. The summed E-state index contributed by atoms with van der Waals surface area (Å²) in [5.74, 6) is -1.10. The molecule has 1 N–H and O–H groups in total. The molecule has 3 aromatic carbocycles. The number of non-ortho nitro benzene ring substituents is 1. The Morgan fingerprint density at radius 1 is 1.02 bits per heavy atom. The quantitative estimate of drug-likeness (QED) is 0.0366. The summed E-state index contributed by atoms with van der Waals surface area (Å²) >= 11 is 0. The van der Waals surface area contributed by atoms with Crippen LogP contribution in [0.3, 0.4) is 0 Å². The molecule has 0 spiro atoms. The molecule has 0 saturated carbocycles. The van der Waals surface area contributed by atoms with Crippen LogP contribution in [0.25, 0.3) is 11.1 Å². The maximum atomic E-state index is 13.9. The number of ketones is 1. The molecule has 0 radical (unpaired) electrons. The first-order chi connectivity index (χ1) is 24.5. The molecule has 0 bridgehead atoms. The van der Waals surface area contributed by atoms with E-state index in [1.807, 2.05) is 19.9 Å². The van der Waals surface area contributed by atoms with E-state index in [-0.39, 0.29) is 60.1 Å². The fourth-order valence-corrected chi connectivity index (χ4v) is 10.7. The van der Waals surface area contributed by atoms with Gasteiger partial charge in [-0.05, 0) is 72.1 Å². The number of aliphatic hydroxyl groups excluding tert-OH is 1. The third-order valence-electron chi connectivity index (χ3n) is 10.7. The van der Waals surface area contributed by atoms with Crippen molar-refractivity contribution < 1.29 is 38.3 Å². The second-order valence-electron chi connectivity index (χ2n) is 13.3. The van der Waals surface area contributed by atoms with Crippen LogP contribution in [0.2, 0.25) is 18.1 Å². The van der Waals surface area contributed by atoms with E-state index in [4.69, 9.17) is 13.9 Å². The number of aliphatic hydroxyl groups is 1. The number of hydrogen-bond acceptors (Lipinski definition) is 9. The van der Waals surface area contributed by atoms with E-state index in [1.54, 1.807) is 42.5 Å². The van der Waals surface area contributed by atoms with E-state index in [1.165, 1.54) is 29.2 Å². The number of nitro benzene ring substituents is 1. The van der Waals surface area contributed by atoms with Crippen LogP contribution in [0.1, 0.15) is 56.1 Å². The molecule has 1 fully saturated rings. The minimum Gasteiger partial charge on any atom is -0.489 e. The van der Waals surface area contributed by atoms with Crippen LogP contribution in [0, 0.1) is 22.0 Å². The van der Waals surface area contributed by atoms with Crippen molar-refractivity contribution in [3.05, 3.63) is 111 Å². The highest BCUT2D eigenvalue weighted by Crippen LogP contribution is 2.49. The zero-order valence-corrected chi connectivity index (χ0v) is 30.4. The maximum absolute atomic E-state index is 13.9. The average Bonchev–Trinajstić information content (AvgIpc) is 3.56. The number of β-lactam (4-membered cyclic amide) rings is 1. The molecule has 12 heteroatoms. The van der Waals surface area contributed by atoms with E-state index in [9.17, 15) is 29.6 Å². The van der Waals surface area contributed by atoms with Gasteiger partial charge in [0.15, 0.2) is 14.1 Å². The summed E-state index contributed by atoms with van der Waals surface area (Å²) in [6, 6.07) is 18.3. The lowest BCUT2D eigenvalue weighted by atomic mass is 9.77. The Labute approximate surface area is 297 Å². The van der Waals surface area contributed by atoms with Gasteiger partial charge in [-0.25, -0.2) is 4.79 Å². The van der Waals surface area contributed by atoms with Gasteiger partial charge in [0.2, 0.25) is 5.91 Å². The largest absolute Gasteiger partial charge is 0.489 e. The molecule has 6 rings (SSSR count). The van der Waals surface area contributed by atoms with Gasteiger partial charge < -0.3 is 23.9 Å². The van der Waals surface area contributed by atoms with Crippen LogP contribution in [0.5, 0.6) is 11.5 Å². The molecule has 1 saturated heterocycles. The van der Waals surface area contributed by atoms with Crippen molar-refractivity contribution in [1.29, 1.82) is 0 Å². The number of nitro groups is 1. The third-order valence-corrected chi connectivity index (χ3v) is 15.5. The van der Waals surface area contributed by atoms with Crippen LogP contribution in [-0.2, 0) is 20.6 Å². The van der Waals surface area contributed by atoms with Gasteiger partial charge >= 0.3 is 5.97 Å².